The van der Waals surface area contributed by atoms with Crippen LogP contribution in [0, 0.1) is 0 Å². The van der Waals surface area contributed by atoms with Crippen molar-refractivity contribution >= 4 is 35.0 Å². The highest BCUT2D eigenvalue weighted by atomic mass is 16.6. The average Bonchev–Trinajstić information content (AvgIpc) is 3.62. The van der Waals surface area contributed by atoms with Gasteiger partial charge in [-0.05, 0) is 78.4 Å². The molecule has 12 heteroatoms. The predicted molar refractivity (Wildman–Crippen MR) is 155 cm³/mol. The summed E-state index contributed by atoms with van der Waals surface area (Å²) in [6, 6.07) is 5.26. The highest BCUT2D eigenvalue weighted by Crippen LogP contribution is 2.37. The van der Waals surface area contributed by atoms with Crippen molar-refractivity contribution in [2.45, 2.75) is 89.5 Å². The van der Waals surface area contributed by atoms with Crippen LogP contribution >= 0.6 is 0 Å². The van der Waals surface area contributed by atoms with E-state index >= 15 is 0 Å². The van der Waals surface area contributed by atoms with Gasteiger partial charge in [-0.2, -0.15) is 9.61 Å². The highest BCUT2D eigenvalue weighted by Gasteiger charge is 2.33. The Labute approximate surface area is 239 Å². The van der Waals surface area contributed by atoms with Gasteiger partial charge in [-0.1, -0.05) is 0 Å². The fourth-order valence-electron chi connectivity index (χ4n) is 5.19. The first-order valence-electron chi connectivity index (χ1n) is 14.1. The summed E-state index contributed by atoms with van der Waals surface area (Å²) in [5, 5.41) is 10.5. The van der Waals surface area contributed by atoms with Gasteiger partial charge in [0.05, 0.1) is 11.8 Å². The van der Waals surface area contributed by atoms with Gasteiger partial charge >= 0.3 is 6.09 Å². The van der Waals surface area contributed by atoms with Gasteiger partial charge in [0.2, 0.25) is 0 Å². The molecular weight excluding hydrogens is 526 g/mol. The number of fused-ring (bicyclic) bond motifs is 1. The van der Waals surface area contributed by atoms with E-state index < -0.39 is 11.7 Å². The molecule has 2 amide bonds. The molecule has 12 nitrogen and oxygen atoms in total. The monoisotopic (exact) mass is 565 g/mol. The van der Waals surface area contributed by atoms with Crippen molar-refractivity contribution in [2.75, 3.05) is 24.4 Å². The third-order valence-corrected chi connectivity index (χ3v) is 7.65. The number of hydrogen-bond acceptors (Lipinski definition) is 8. The second kappa shape index (κ2) is 10.8. The van der Waals surface area contributed by atoms with Crippen LogP contribution in [-0.2, 0) is 9.47 Å². The standard InChI is InChI=1S/C29H39N7O5/c1-28(2,3)41-27(39)34(5)23-15-22(33-24-20(17-30-36(23)24)25(37)31-18-11-12-18)32-21-10-8-14-35(26(21)38)19-9-7-13-29(4,16-19)40-6/h8,10,14-15,17-19H,7,9,11-13,16H2,1-6H3,(H,31,37)(H,32,33)/t19?,29-/m1/s1. The number of carbonyl (C=O) groups is 2. The van der Waals surface area contributed by atoms with Gasteiger partial charge in [0.15, 0.2) is 5.65 Å². The fraction of sp³-hybridized carbons (Fsp3) is 0.552. The molecular formula is C29H39N7O5. The lowest BCUT2D eigenvalue weighted by Gasteiger charge is -2.37. The van der Waals surface area contributed by atoms with Crippen LogP contribution in [0.4, 0.5) is 22.1 Å². The lowest BCUT2D eigenvalue weighted by molar-refractivity contribution is -0.0375. The summed E-state index contributed by atoms with van der Waals surface area (Å²) < 4.78 is 14.5. The predicted octanol–water partition coefficient (Wildman–Crippen LogP) is 4.42. The molecule has 1 unspecified atom stereocenters. The van der Waals surface area contributed by atoms with Gasteiger partial charge in [0.1, 0.15) is 28.5 Å². The molecule has 3 heterocycles. The molecule has 0 spiro atoms. The molecule has 0 aromatic carbocycles. The molecule has 2 saturated carbocycles. The lowest BCUT2D eigenvalue weighted by Crippen LogP contribution is -2.38. The van der Waals surface area contributed by atoms with Crippen molar-refractivity contribution in [1.29, 1.82) is 0 Å². The normalized spacial score (nSPS) is 21.0. The Kier molecular flexibility index (Phi) is 7.54. The number of ether oxygens (including phenoxy) is 2. The third kappa shape index (κ3) is 6.22. The number of nitrogens with one attached hydrogen (secondary N) is 2. The van der Waals surface area contributed by atoms with E-state index in [1.165, 1.54) is 15.6 Å². The minimum Gasteiger partial charge on any atom is -0.443 e. The summed E-state index contributed by atoms with van der Waals surface area (Å²) in [6.45, 7) is 7.43. The maximum Gasteiger partial charge on any atom is 0.415 e. The van der Waals surface area contributed by atoms with Crippen LogP contribution in [0.1, 0.15) is 82.6 Å². The summed E-state index contributed by atoms with van der Waals surface area (Å²) >= 11 is 0. The number of hydrogen-bond donors (Lipinski definition) is 2. The molecule has 5 rings (SSSR count). The topological polar surface area (TPSA) is 132 Å². The van der Waals surface area contributed by atoms with Crippen LogP contribution in [0.3, 0.4) is 0 Å². The summed E-state index contributed by atoms with van der Waals surface area (Å²) in [5.41, 5.74) is -0.349. The van der Waals surface area contributed by atoms with Gasteiger partial charge in [0, 0.05) is 38.5 Å². The molecule has 2 aliphatic rings. The van der Waals surface area contributed by atoms with Gasteiger partial charge in [-0.3, -0.25) is 14.5 Å². The molecule has 2 N–H and O–H groups in total. The zero-order valence-electron chi connectivity index (χ0n) is 24.6. The van der Waals surface area contributed by atoms with Crippen LogP contribution in [0.5, 0.6) is 0 Å². The molecule has 0 saturated heterocycles. The quantitative estimate of drug-likeness (QED) is 0.430. The smallest absolute Gasteiger partial charge is 0.415 e. The summed E-state index contributed by atoms with van der Waals surface area (Å²) in [7, 11) is 3.27. The Hall–Kier alpha value is -3.93. The van der Waals surface area contributed by atoms with Gasteiger partial charge in [0.25, 0.3) is 11.5 Å². The van der Waals surface area contributed by atoms with E-state index in [1.54, 1.807) is 57.8 Å². The maximum atomic E-state index is 13.6. The van der Waals surface area contributed by atoms with E-state index in [-0.39, 0.29) is 46.2 Å². The second-order valence-corrected chi connectivity index (χ2v) is 12.2. The molecule has 220 valence electrons. The molecule has 0 bridgehead atoms. The number of aromatic nitrogens is 4. The van der Waals surface area contributed by atoms with Crippen LogP contribution < -0.4 is 21.1 Å². The van der Waals surface area contributed by atoms with Crippen LogP contribution in [-0.4, -0.2) is 62.6 Å². The largest absolute Gasteiger partial charge is 0.443 e. The van der Waals surface area contributed by atoms with Crippen molar-refractivity contribution in [3.8, 4) is 0 Å². The zero-order valence-corrected chi connectivity index (χ0v) is 24.6. The molecule has 2 aliphatic carbocycles. The fourth-order valence-corrected chi connectivity index (χ4v) is 5.19. The van der Waals surface area contributed by atoms with Gasteiger partial charge in [-0.15, -0.1) is 0 Å². The number of methoxy groups -OCH3 is 1. The van der Waals surface area contributed by atoms with E-state index in [4.69, 9.17) is 9.47 Å². The Morgan fingerprint density at radius 2 is 1.98 bits per heavy atom. The van der Waals surface area contributed by atoms with E-state index in [0.29, 0.717) is 11.5 Å². The van der Waals surface area contributed by atoms with Crippen LogP contribution in [0.2, 0.25) is 0 Å². The van der Waals surface area contributed by atoms with Crippen molar-refractivity contribution in [1.82, 2.24) is 24.5 Å². The summed E-state index contributed by atoms with van der Waals surface area (Å²) in [6.07, 6.45) is 8.03. The highest BCUT2D eigenvalue weighted by molar-refractivity contribution is 6.00. The van der Waals surface area contributed by atoms with E-state index in [2.05, 4.69) is 27.6 Å². The van der Waals surface area contributed by atoms with Gasteiger partial charge < -0.3 is 24.7 Å². The first-order chi connectivity index (χ1) is 19.4. The van der Waals surface area contributed by atoms with Crippen LogP contribution in [0.15, 0.2) is 35.4 Å². The Balaban J connectivity index is 1.53. The van der Waals surface area contributed by atoms with E-state index in [0.717, 1.165) is 38.5 Å². The van der Waals surface area contributed by atoms with Crippen molar-refractivity contribution in [3.05, 3.63) is 46.5 Å². The summed E-state index contributed by atoms with van der Waals surface area (Å²) in [5.74, 6) is 0.305. The molecule has 0 radical (unpaired) electrons. The summed E-state index contributed by atoms with van der Waals surface area (Å²) in [4.78, 5) is 45.6. The zero-order chi connectivity index (χ0) is 29.5. The average molecular weight is 566 g/mol. The van der Waals surface area contributed by atoms with Crippen molar-refractivity contribution < 1.29 is 19.1 Å². The molecule has 0 aliphatic heterocycles. The molecule has 3 aromatic rings. The SMILES string of the molecule is CO[C@]1(C)CCCC(n2cccc(Nc3cc(N(C)C(=O)OC(C)(C)C)n4ncc(C(=O)NC5CC5)c4n3)c2=O)C1. The molecule has 3 aromatic heterocycles. The first-order valence-corrected chi connectivity index (χ1v) is 14.1. The van der Waals surface area contributed by atoms with Crippen molar-refractivity contribution in [3.63, 3.8) is 0 Å². The van der Waals surface area contributed by atoms with Crippen LogP contribution in [0.25, 0.3) is 5.65 Å². The van der Waals surface area contributed by atoms with Crippen molar-refractivity contribution in [2.24, 2.45) is 0 Å². The van der Waals surface area contributed by atoms with E-state index in [9.17, 15) is 14.4 Å². The maximum absolute atomic E-state index is 13.6. The second-order valence-electron chi connectivity index (χ2n) is 12.2. The lowest BCUT2D eigenvalue weighted by atomic mass is 9.83. The minimum absolute atomic E-state index is 0.000182. The first kappa shape index (κ1) is 28.6. The van der Waals surface area contributed by atoms with E-state index in [1.807, 2.05) is 6.07 Å². The number of amides is 2. The Bertz CT molecular complexity index is 1520. The van der Waals surface area contributed by atoms with Gasteiger partial charge in [-0.25, -0.2) is 9.78 Å². The number of carbonyl (C=O) groups excluding carboxylic acids is 2. The number of nitrogens with zero attached hydrogens (tertiary/aromatic N) is 5. The Morgan fingerprint density at radius 1 is 1.22 bits per heavy atom. The molecule has 41 heavy (non-hydrogen) atoms. The number of rotatable bonds is 7. The molecule has 2 fully saturated rings. The third-order valence-electron chi connectivity index (χ3n) is 7.65. The molecule has 2 atom stereocenters. The Morgan fingerprint density at radius 3 is 2.66 bits per heavy atom. The minimum atomic E-state index is -0.717. The number of anilines is 3. The number of pyridine rings is 1.